The van der Waals surface area contributed by atoms with Crippen LogP contribution in [-0.2, 0) is 6.42 Å². The first kappa shape index (κ1) is 14.7. The number of hydrogen-bond donors (Lipinski definition) is 1. The van der Waals surface area contributed by atoms with Gasteiger partial charge in [-0.05, 0) is 62.1 Å². The highest BCUT2D eigenvalue weighted by atomic mass is 19.1. The summed E-state index contributed by atoms with van der Waals surface area (Å²) in [7, 11) is 0. The Morgan fingerprint density at radius 3 is 2.20 bits per heavy atom. The van der Waals surface area contributed by atoms with E-state index in [4.69, 9.17) is 5.73 Å². The fourth-order valence-electron chi connectivity index (χ4n) is 3.07. The van der Waals surface area contributed by atoms with E-state index in [1.165, 1.54) is 28.3 Å². The lowest BCUT2D eigenvalue weighted by Gasteiger charge is -2.21. The lowest BCUT2D eigenvalue weighted by molar-refractivity contribution is 0.589. The monoisotopic (exact) mass is 271 g/mol. The van der Waals surface area contributed by atoms with Crippen molar-refractivity contribution in [1.29, 1.82) is 0 Å². The first-order chi connectivity index (χ1) is 9.52. The van der Waals surface area contributed by atoms with Crippen LogP contribution >= 0.6 is 0 Å². The maximum absolute atomic E-state index is 13.8. The highest BCUT2D eigenvalue weighted by Gasteiger charge is 2.17. The van der Waals surface area contributed by atoms with E-state index >= 15 is 0 Å². The van der Waals surface area contributed by atoms with Crippen LogP contribution in [0.1, 0.15) is 33.7 Å². The van der Waals surface area contributed by atoms with Crippen molar-refractivity contribution in [3.63, 3.8) is 0 Å². The predicted molar refractivity (Wildman–Crippen MR) is 82.6 cm³/mol. The van der Waals surface area contributed by atoms with E-state index in [9.17, 15) is 4.39 Å². The molecule has 1 atom stereocenters. The SMILES string of the molecule is Cc1cc(C)c(C(CN)Cc2ccccc2F)c(C)c1. The second-order valence-corrected chi connectivity index (χ2v) is 5.54. The van der Waals surface area contributed by atoms with Gasteiger partial charge in [0.1, 0.15) is 5.82 Å². The predicted octanol–water partition coefficient (Wildman–Crippen LogP) is 4.04. The largest absolute Gasteiger partial charge is 0.330 e. The van der Waals surface area contributed by atoms with Crippen molar-refractivity contribution in [3.05, 3.63) is 70.0 Å². The van der Waals surface area contributed by atoms with Gasteiger partial charge in [-0.3, -0.25) is 0 Å². The van der Waals surface area contributed by atoms with Crippen molar-refractivity contribution in [3.8, 4) is 0 Å². The van der Waals surface area contributed by atoms with E-state index in [0.29, 0.717) is 13.0 Å². The molecule has 2 aromatic carbocycles. The van der Waals surface area contributed by atoms with Crippen LogP contribution in [0.5, 0.6) is 0 Å². The molecule has 1 nitrogen and oxygen atoms in total. The standard InChI is InChI=1S/C18H22FN/c1-12-8-13(2)18(14(3)9-12)16(11-20)10-15-6-4-5-7-17(15)19/h4-9,16H,10-11,20H2,1-3H3. The fourth-order valence-corrected chi connectivity index (χ4v) is 3.07. The molecule has 0 aromatic heterocycles. The Balaban J connectivity index is 2.37. The van der Waals surface area contributed by atoms with Crippen molar-refractivity contribution < 1.29 is 4.39 Å². The molecule has 2 N–H and O–H groups in total. The normalized spacial score (nSPS) is 12.4. The maximum atomic E-state index is 13.8. The van der Waals surface area contributed by atoms with Gasteiger partial charge in [0.05, 0.1) is 0 Å². The van der Waals surface area contributed by atoms with Crippen molar-refractivity contribution >= 4 is 0 Å². The fraction of sp³-hybridized carbons (Fsp3) is 0.333. The molecule has 0 spiro atoms. The average molecular weight is 271 g/mol. The maximum Gasteiger partial charge on any atom is 0.126 e. The van der Waals surface area contributed by atoms with Gasteiger partial charge in [0, 0.05) is 5.92 Å². The summed E-state index contributed by atoms with van der Waals surface area (Å²) >= 11 is 0. The molecule has 106 valence electrons. The smallest absolute Gasteiger partial charge is 0.126 e. The van der Waals surface area contributed by atoms with Gasteiger partial charge in [-0.25, -0.2) is 4.39 Å². The second-order valence-electron chi connectivity index (χ2n) is 5.54. The molecule has 0 heterocycles. The van der Waals surface area contributed by atoms with E-state index in [1.54, 1.807) is 6.07 Å². The second kappa shape index (κ2) is 6.19. The molecular formula is C18H22FN. The van der Waals surface area contributed by atoms with Crippen LogP contribution in [0.25, 0.3) is 0 Å². The molecule has 2 heteroatoms. The Labute approximate surface area is 120 Å². The summed E-state index contributed by atoms with van der Waals surface area (Å²) in [5.74, 6) is 0.0147. The molecule has 0 fully saturated rings. The van der Waals surface area contributed by atoms with Gasteiger partial charge in [0.2, 0.25) is 0 Å². The van der Waals surface area contributed by atoms with Gasteiger partial charge in [0.15, 0.2) is 0 Å². The molecular weight excluding hydrogens is 249 g/mol. The third kappa shape index (κ3) is 3.07. The Bertz CT molecular complexity index is 581. The number of halogens is 1. The van der Waals surface area contributed by atoms with Crippen LogP contribution in [0.4, 0.5) is 4.39 Å². The van der Waals surface area contributed by atoms with Crippen LogP contribution in [0, 0.1) is 26.6 Å². The van der Waals surface area contributed by atoms with Crippen LogP contribution < -0.4 is 5.73 Å². The van der Waals surface area contributed by atoms with Crippen LogP contribution in [0.15, 0.2) is 36.4 Å². The zero-order chi connectivity index (χ0) is 14.7. The average Bonchev–Trinajstić information content (AvgIpc) is 2.38. The molecule has 1 unspecified atom stereocenters. The minimum absolute atomic E-state index is 0.145. The summed E-state index contributed by atoms with van der Waals surface area (Å²) in [5, 5.41) is 0. The number of hydrogen-bond acceptors (Lipinski definition) is 1. The van der Waals surface area contributed by atoms with Crippen LogP contribution in [0.2, 0.25) is 0 Å². The number of rotatable bonds is 4. The minimum Gasteiger partial charge on any atom is -0.330 e. The third-order valence-corrected chi connectivity index (χ3v) is 3.85. The van der Waals surface area contributed by atoms with E-state index < -0.39 is 0 Å². The van der Waals surface area contributed by atoms with Crippen molar-refractivity contribution in [1.82, 2.24) is 0 Å². The molecule has 2 rings (SSSR count). The summed E-state index contributed by atoms with van der Waals surface area (Å²) in [5.41, 5.74) is 11.7. The number of benzene rings is 2. The summed E-state index contributed by atoms with van der Waals surface area (Å²) in [6.45, 7) is 6.84. The first-order valence-electron chi connectivity index (χ1n) is 7.04. The van der Waals surface area contributed by atoms with E-state index in [2.05, 4.69) is 32.9 Å². The first-order valence-corrected chi connectivity index (χ1v) is 7.04. The van der Waals surface area contributed by atoms with E-state index in [1.807, 2.05) is 12.1 Å². The molecule has 0 amide bonds. The van der Waals surface area contributed by atoms with E-state index in [-0.39, 0.29) is 11.7 Å². The Hall–Kier alpha value is -1.67. The molecule has 2 aromatic rings. The lowest BCUT2D eigenvalue weighted by atomic mass is 9.85. The molecule has 0 aliphatic carbocycles. The summed E-state index contributed by atoms with van der Waals surface area (Å²) < 4.78 is 13.8. The van der Waals surface area contributed by atoms with Crippen molar-refractivity contribution in [2.24, 2.45) is 5.73 Å². The van der Waals surface area contributed by atoms with Gasteiger partial charge in [-0.15, -0.1) is 0 Å². The van der Waals surface area contributed by atoms with Gasteiger partial charge >= 0.3 is 0 Å². The number of aryl methyl sites for hydroxylation is 3. The summed E-state index contributed by atoms with van der Waals surface area (Å²) in [6.07, 6.45) is 0.647. The van der Waals surface area contributed by atoms with Gasteiger partial charge in [-0.2, -0.15) is 0 Å². The van der Waals surface area contributed by atoms with Gasteiger partial charge in [0.25, 0.3) is 0 Å². The summed E-state index contributed by atoms with van der Waals surface area (Å²) in [4.78, 5) is 0. The number of nitrogens with two attached hydrogens (primary N) is 1. The highest BCUT2D eigenvalue weighted by Crippen LogP contribution is 2.28. The van der Waals surface area contributed by atoms with E-state index in [0.717, 1.165) is 5.56 Å². The molecule has 0 radical (unpaired) electrons. The molecule has 0 bridgehead atoms. The molecule has 20 heavy (non-hydrogen) atoms. The van der Waals surface area contributed by atoms with Gasteiger partial charge < -0.3 is 5.73 Å². The van der Waals surface area contributed by atoms with Crippen molar-refractivity contribution in [2.75, 3.05) is 6.54 Å². The summed E-state index contributed by atoms with van der Waals surface area (Å²) in [6, 6.07) is 11.3. The van der Waals surface area contributed by atoms with Gasteiger partial charge in [-0.1, -0.05) is 35.9 Å². The lowest BCUT2D eigenvalue weighted by Crippen LogP contribution is -2.18. The zero-order valence-electron chi connectivity index (χ0n) is 12.4. The Morgan fingerprint density at radius 1 is 1.05 bits per heavy atom. The molecule has 0 aliphatic heterocycles. The zero-order valence-corrected chi connectivity index (χ0v) is 12.4. The minimum atomic E-state index is -0.145. The molecule has 0 aliphatic rings. The third-order valence-electron chi connectivity index (χ3n) is 3.85. The topological polar surface area (TPSA) is 26.0 Å². The Kier molecular flexibility index (Phi) is 4.56. The Morgan fingerprint density at radius 2 is 1.65 bits per heavy atom. The van der Waals surface area contributed by atoms with Crippen LogP contribution in [0.3, 0.4) is 0 Å². The highest BCUT2D eigenvalue weighted by molar-refractivity contribution is 5.41. The quantitative estimate of drug-likeness (QED) is 0.892. The molecule has 0 saturated heterocycles. The van der Waals surface area contributed by atoms with Crippen LogP contribution in [-0.4, -0.2) is 6.54 Å². The van der Waals surface area contributed by atoms with Crippen molar-refractivity contribution in [2.45, 2.75) is 33.1 Å². The molecule has 0 saturated carbocycles.